The number of anilines is 1. The van der Waals surface area contributed by atoms with E-state index in [-0.39, 0.29) is 17.6 Å². The number of benzene rings is 1. The Balaban J connectivity index is 1.41. The van der Waals surface area contributed by atoms with E-state index in [2.05, 4.69) is 65.1 Å². The summed E-state index contributed by atoms with van der Waals surface area (Å²) in [6.45, 7) is 9.18. The van der Waals surface area contributed by atoms with Crippen LogP contribution in [0.1, 0.15) is 59.4 Å². The van der Waals surface area contributed by atoms with E-state index in [1.807, 2.05) is 0 Å². The van der Waals surface area contributed by atoms with Crippen LogP contribution in [0.4, 0.5) is 5.00 Å². The standard InChI is InChI=1S/C26H32N4O3S3/c1-5-30-21(14-34-18-10-7-16(3)8-11-18)28-29-26(30)35-15-22(31)27-24-23(25(32)33-6-2)19-12-9-17(4)13-20(19)36-24/h7-8,10-11,17H,5-6,9,12-15H2,1-4H3,(H,27,31). The lowest BCUT2D eigenvalue weighted by Gasteiger charge is -2.18. The number of fused-ring (bicyclic) bond motifs is 1. The number of amides is 1. The molecule has 0 aliphatic heterocycles. The van der Waals surface area contributed by atoms with Gasteiger partial charge in [0.1, 0.15) is 10.8 Å². The summed E-state index contributed by atoms with van der Waals surface area (Å²) in [4.78, 5) is 28.0. The van der Waals surface area contributed by atoms with Crippen molar-refractivity contribution in [2.75, 3.05) is 17.7 Å². The predicted molar refractivity (Wildman–Crippen MR) is 147 cm³/mol. The van der Waals surface area contributed by atoms with Crippen molar-refractivity contribution in [3.8, 4) is 0 Å². The number of thioether (sulfide) groups is 2. The molecule has 1 aliphatic rings. The zero-order valence-electron chi connectivity index (χ0n) is 21.1. The van der Waals surface area contributed by atoms with Gasteiger partial charge in [-0.15, -0.1) is 33.3 Å². The first-order valence-corrected chi connectivity index (χ1v) is 15.0. The van der Waals surface area contributed by atoms with Gasteiger partial charge >= 0.3 is 5.97 Å². The molecule has 0 spiro atoms. The summed E-state index contributed by atoms with van der Waals surface area (Å²) in [5, 5.41) is 13.0. The van der Waals surface area contributed by atoms with Crippen LogP contribution in [-0.4, -0.2) is 39.0 Å². The first-order chi connectivity index (χ1) is 17.4. The van der Waals surface area contributed by atoms with E-state index in [1.165, 1.54) is 38.4 Å². The van der Waals surface area contributed by atoms with Gasteiger partial charge in [0.05, 0.1) is 23.7 Å². The summed E-state index contributed by atoms with van der Waals surface area (Å²) in [7, 11) is 0. The van der Waals surface area contributed by atoms with Crippen LogP contribution in [0.2, 0.25) is 0 Å². The highest BCUT2D eigenvalue weighted by molar-refractivity contribution is 7.99. The quantitative estimate of drug-likeness (QED) is 0.248. The molecule has 1 amide bonds. The van der Waals surface area contributed by atoms with Crippen molar-refractivity contribution < 1.29 is 14.3 Å². The third-order valence-electron chi connectivity index (χ3n) is 6.08. The highest BCUT2D eigenvalue weighted by Gasteiger charge is 2.29. The molecule has 3 aromatic rings. The van der Waals surface area contributed by atoms with Crippen LogP contribution >= 0.6 is 34.9 Å². The Kier molecular flexibility index (Phi) is 9.14. The smallest absolute Gasteiger partial charge is 0.341 e. The lowest BCUT2D eigenvalue weighted by atomic mass is 9.88. The van der Waals surface area contributed by atoms with E-state index < -0.39 is 0 Å². The normalized spacial score (nSPS) is 14.9. The summed E-state index contributed by atoms with van der Waals surface area (Å²) in [6, 6.07) is 8.43. The molecule has 0 radical (unpaired) electrons. The number of nitrogens with zero attached hydrogens (tertiary/aromatic N) is 3. The maximum absolute atomic E-state index is 12.9. The molecule has 36 heavy (non-hydrogen) atoms. The second-order valence-electron chi connectivity index (χ2n) is 8.86. The van der Waals surface area contributed by atoms with Gasteiger partial charge in [0.25, 0.3) is 0 Å². The molecule has 2 heterocycles. The minimum atomic E-state index is -0.353. The minimum absolute atomic E-state index is 0.168. The van der Waals surface area contributed by atoms with E-state index in [4.69, 9.17) is 4.74 Å². The molecular formula is C26H32N4O3S3. The van der Waals surface area contributed by atoms with Gasteiger partial charge in [0.15, 0.2) is 5.16 Å². The Labute approximate surface area is 224 Å². The SMILES string of the molecule is CCOC(=O)c1c(NC(=O)CSc2nnc(CSc3ccc(C)cc3)n2CC)sc2c1CCC(C)C2. The molecule has 0 saturated heterocycles. The number of carbonyl (C=O) groups is 2. The van der Waals surface area contributed by atoms with Crippen molar-refractivity contribution in [2.45, 2.75) is 69.3 Å². The average molecular weight is 545 g/mol. The first kappa shape index (κ1) is 26.8. The van der Waals surface area contributed by atoms with E-state index in [9.17, 15) is 9.59 Å². The summed E-state index contributed by atoms with van der Waals surface area (Å²) in [5.74, 6) is 1.83. The van der Waals surface area contributed by atoms with Gasteiger partial charge in [-0.1, -0.05) is 36.4 Å². The van der Waals surface area contributed by atoms with Gasteiger partial charge in [0.2, 0.25) is 5.91 Å². The number of aryl methyl sites for hydroxylation is 1. The second-order valence-corrected chi connectivity index (χ2v) is 12.0. The molecule has 7 nitrogen and oxygen atoms in total. The molecule has 0 fully saturated rings. The van der Waals surface area contributed by atoms with Gasteiger partial charge in [-0.3, -0.25) is 4.79 Å². The first-order valence-electron chi connectivity index (χ1n) is 12.2. The fraction of sp³-hybridized carbons (Fsp3) is 0.462. The maximum Gasteiger partial charge on any atom is 0.341 e. The summed E-state index contributed by atoms with van der Waals surface area (Å²) >= 11 is 4.59. The molecule has 1 atom stereocenters. The predicted octanol–water partition coefficient (Wildman–Crippen LogP) is 5.99. The number of esters is 1. The Morgan fingerprint density at radius 2 is 1.97 bits per heavy atom. The Bertz CT molecular complexity index is 1220. The van der Waals surface area contributed by atoms with Crippen molar-refractivity contribution in [1.29, 1.82) is 0 Å². The van der Waals surface area contributed by atoms with Crippen LogP contribution in [0.5, 0.6) is 0 Å². The van der Waals surface area contributed by atoms with Crippen molar-refractivity contribution in [3.63, 3.8) is 0 Å². The number of thiophene rings is 1. The van der Waals surface area contributed by atoms with Gasteiger partial charge in [-0.05, 0) is 63.6 Å². The van der Waals surface area contributed by atoms with Crippen LogP contribution in [0.15, 0.2) is 34.3 Å². The lowest BCUT2D eigenvalue weighted by molar-refractivity contribution is -0.113. The Morgan fingerprint density at radius 1 is 1.19 bits per heavy atom. The highest BCUT2D eigenvalue weighted by Crippen LogP contribution is 2.40. The van der Waals surface area contributed by atoms with Crippen LogP contribution in [-0.2, 0) is 34.7 Å². The fourth-order valence-corrected chi connectivity index (χ4v) is 7.26. The van der Waals surface area contributed by atoms with Crippen molar-refractivity contribution in [2.24, 2.45) is 5.92 Å². The second kappa shape index (κ2) is 12.3. The summed E-state index contributed by atoms with van der Waals surface area (Å²) < 4.78 is 7.36. The maximum atomic E-state index is 12.9. The fourth-order valence-electron chi connectivity index (χ4n) is 4.18. The van der Waals surface area contributed by atoms with Crippen LogP contribution in [0, 0.1) is 12.8 Å². The van der Waals surface area contributed by atoms with Crippen LogP contribution < -0.4 is 5.32 Å². The van der Waals surface area contributed by atoms with E-state index in [0.29, 0.717) is 28.8 Å². The third-order valence-corrected chi connectivity index (χ3v) is 9.22. The van der Waals surface area contributed by atoms with E-state index >= 15 is 0 Å². The number of hydrogen-bond acceptors (Lipinski definition) is 8. The zero-order valence-corrected chi connectivity index (χ0v) is 23.6. The molecule has 10 heteroatoms. The summed E-state index contributed by atoms with van der Waals surface area (Å²) in [6.07, 6.45) is 2.81. The van der Waals surface area contributed by atoms with Gasteiger partial charge < -0.3 is 14.6 Å². The van der Waals surface area contributed by atoms with E-state index in [0.717, 1.165) is 42.4 Å². The van der Waals surface area contributed by atoms with Crippen LogP contribution in [0.3, 0.4) is 0 Å². The van der Waals surface area contributed by atoms with Crippen molar-refractivity contribution >= 4 is 51.7 Å². The Hall–Kier alpha value is -2.30. The molecular weight excluding hydrogens is 513 g/mol. The zero-order chi connectivity index (χ0) is 25.7. The van der Waals surface area contributed by atoms with Gasteiger partial charge in [0, 0.05) is 16.3 Å². The Morgan fingerprint density at radius 3 is 2.69 bits per heavy atom. The van der Waals surface area contributed by atoms with E-state index in [1.54, 1.807) is 18.7 Å². The average Bonchev–Trinajstić information content (AvgIpc) is 3.42. The lowest BCUT2D eigenvalue weighted by Crippen LogP contribution is -2.18. The van der Waals surface area contributed by atoms with Crippen molar-refractivity contribution in [3.05, 3.63) is 51.7 Å². The van der Waals surface area contributed by atoms with Crippen LogP contribution in [0.25, 0.3) is 0 Å². The molecule has 1 aromatic carbocycles. The molecule has 192 valence electrons. The van der Waals surface area contributed by atoms with Gasteiger partial charge in [-0.25, -0.2) is 4.79 Å². The molecule has 4 rings (SSSR count). The summed E-state index contributed by atoms with van der Waals surface area (Å²) in [5.41, 5.74) is 2.81. The number of carbonyl (C=O) groups excluding carboxylic acids is 2. The molecule has 0 saturated carbocycles. The number of rotatable bonds is 10. The number of aromatic nitrogens is 3. The highest BCUT2D eigenvalue weighted by atomic mass is 32.2. The molecule has 1 N–H and O–H groups in total. The van der Waals surface area contributed by atoms with Gasteiger partial charge in [-0.2, -0.15) is 0 Å². The molecule has 1 unspecified atom stereocenters. The number of ether oxygens (including phenoxy) is 1. The molecule has 0 bridgehead atoms. The topological polar surface area (TPSA) is 86.1 Å². The minimum Gasteiger partial charge on any atom is -0.462 e. The molecule has 1 aliphatic carbocycles. The number of nitrogens with one attached hydrogen (secondary N) is 1. The van der Waals surface area contributed by atoms with Crippen molar-refractivity contribution in [1.82, 2.24) is 14.8 Å². The number of hydrogen-bond donors (Lipinski definition) is 1. The third kappa shape index (κ3) is 6.33. The largest absolute Gasteiger partial charge is 0.462 e. The molecule has 2 aromatic heterocycles. The monoisotopic (exact) mass is 544 g/mol.